The highest BCUT2D eigenvalue weighted by atomic mass is 32.2. The summed E-state index contributed by atoms with van der Waals surface area (Å²) >= 11 is 1.58. The number of amides is 1. The Labute approximate surface area is 127 Å². The van der Waals surface area contributed by atoms with Gasteiger partial charge in [-0.2, -0.15) is 0 Å². The summed E-state index contributed by atoms with van der Waals surface area (Å²) in [4.78, 5) is 18.3. The quantitative estimate of drug-likeness (QED) is 0.879. The van der Waals surface area contributed by atoms with E-state index in [0.717, 1.165) is 10.8 Å². The number of hydrogen-bond donors (Lipinski definition) is 1. The maximum Gasteiger partial charge on any atom is 0.253 e. The highest BCUT2D eigenvalue weighted by Gasteiger charge is 2.25. The van der Waals surface area contributed by atoms with E-state index in [1.807, 2.05) is 41.3 Å². The van der Waals surface area contributed by atoms with Crippen molar-refractivity contribution in [1.82, 2.24) is 14.5 Å². The van der Waals surface area contributed by atoms with Crippen molar-refractivity contribution in [3.05, 3.63) is 42.2 Å². The van der Waals surface area contributed by atoms with Crippen LogP contribution >= 0.6 is 11.8 Å². The minimum atomic E-state index is -0.386. The average molecular weight is 303 g/mol. The fourth-order valence-electron chi connectivity index (χ4n) is 2.51. The van der Waals surface area contributed by atoms with Gasteiger partial charge in [-0.05, 0) is 36.9 Å². The summed E-state index contributed by atoms with van der Waals surface area (Å²) in [7, 11) is 0. The molecule has 21 heavy (non-hydrogen) atoms. The van der Waals surface area contributed by atoms with Crippen LogP contribution in [0.15, 0.2) is 41.8 Å². The van der Waals surface area contributed by atoms with E-state index in [0.29, 0.717) is 25.1 Å². The summed E-state index contributed by atoms with van der Waals surface area (Å²) < 4.78 is 1.98. The van der Waals surface area contributed by atoms with Gasteiger partial charge in [-0.3, -0.25) is 9.36 Å². The summed E-state index contributed by atoms with van der Waals surface area (Å²) in [6, 6.07) is 7.49. The van der Waals surface area contributed by atoms with Crippen LogP contribution in [0.1, 0.15) is 16.8 Å². The fraction of sp³-hybridized carbons (Fsp3) is 0.333. The Balaban J connectivity index is 1.79. The molecule has 1 aromatic heterocycles. The lowest BCUT2D eigenvalue weighted by molar-refractivity contribution is 0.0765. The molecule has 0 unspecified atom stereocenters. The van der Waals surface area contributed by atoms with E-state index in [4.69, 9.17) is 0 Å². The smallest absolute Gasteiger partial charge is 0.253 e. The minimum absolute atomic E-state index is 0.0196. The van der Waals surface area contributed by atoms with E-state index in [1.165, 1.54) is 0 Å². The van der Waals surface area contributed by atoms with Crippen LogP contribution in [0.3, 0.4) is 0 Å². The molecule has 1 atom stereocenters. The molecule has 3 rings (SSSR count). The number of thioether (sulfide) groups is 1. The SMILES string of the molecule is CSc1nccn1-c1ccc(C(=O)N2CC[C@H](O)C2)cc1. The molecule has 2 aromatic rings. The van der Waals surface area contributed by atoms with E-state index in [9.17, 15) is 9.90 Å². The van der Waals surface area contributed by atoms with Crippen LogP contribution in [0.5, 0.6) is 0 Å². The van der Waals surface area contributed by atoms with Gasteiger partial charge >= 0.3 is 0 Å². The summed E-state index contributed by atoms with van der Waals surface area (Å²) in [5, 5.41) is 10.4. The molecule has 0 aliphatic carbocycles. The number of aliphatic hydroxyl groups is 1. The Bertz CT molecular complexity index is 639. The van der Waals surface area contributed by atoms with Crippen LogP contribution in [0.4, 0.5) is 0 Å². The number of nitrogens with zero attached hydrogens (tertiary/aromatic N) is 3. The van der Waals surface area contributed by atoms with Gasteiger partial charge in [0.15, 0.2) is 5.16 Å². The number of rotatable bonds is 3. The zero-order valence-electron chi connectivity index (χ0n) is 11.8. The van der Waals surface area contributed by atoms with Gasteiger partial charge in [-0.15, -0.1) is 0 Å². The van der Waals surface area contributed by atoms with E-state index < -0.39 is 0 Å². The van der Waals surface area contributed by atoms with Crippen LogP contribution in [-0.2, 0) is 0 Å². The first kappa shape index (κ1) is 14.2. The Kier molecular flexibility index (Phi) is 3.98. The highest BCUT2D eigenvalue weighted by Crippen LogP contribution is 2.19. The zero-order valence-corrected chi connectivity index (χ0v) is 12.6. The van der Waals surface area contributed by atoms with Gasteiger partial charge in [0.2, 0.25) is 0 Å². The van der Waals surface area contributed by atoms with E-state index in [1.54, 1.807) is 22.9 Å². The molecule has 1 aliphatic rings. The first-order valence-corrected chi connectivity index (χ1v) is 8.06. The number of imidazole rings is 1. The van der Waals surface area contributed by atoms with Crippen LogP contribution in [0.25, 0.3) is 5.69 Å². The molecule has 1 aliphatic heterocycles. The summed E-state index contributed by atoms with van der Waals surface area (Å²) in [6.45, 7) is 1.05. The van der Waals surface area contributed by atoms with Gasteiger partial charge in [0, 0.05) is 36.7 Å². The molecule has 0 saturated carbocycles. The second-order valence-corrected chi connectivity index (χ2v) is 5.80. The van der Waals surface area contributed by atoms with E-state index in [2.05, 4.69) is 4.98 Å². The third-order valence-corrected chi connectivity index (χ3v) is 4.30. The summed E-state index contributed by atoms with van der Waals surface area (Å²) in [5.74, 6) is -0.0196. The van der Waals surface area contributed by atoms with Gasteiger partial charge < -0.3 is 10.0 Å². The number of β-amino-alcohol motifs (C(OH)–C–C–N with tert-alkyl or cyclic N) is 1. The summed E-state index contributed by atoms with van der Waals surface area (Å²) in [5.41, 5.74) is 1.63. The standard InChI is InChI=1S/C15H17N3O2S/c1-21-15-16-7-9-18(15)12-4-2-11(3-5-12)14(20)17-8-6-13(19)10-17/h2-5,7,9,13,19H,6,8,10H2,1H3/t13-/m0/s1. The molecule has 110 valence electrons. The normalized spacial score (nSPS) is 18.2. The van der Waals surface area contributed by atoms with Gasteiger partial charge in [-0.25, -0.2) is 4.98 Å². The van der Waals surface area contributed by atoms with Crippen molar-refractivity contribution < 1.29 is 9.90 Å². The third-order valence-electron chi connectivity index (χ3n) is 3.63. The van der Waals surface area contributed by atoms with E-state index >= 15 is 0 Å². The Morgan fingerprint density at radius 2 is 2.14 bits per heavy atom. The maximum atomic E-state index is 12.3. The molecule has 6 heteroatoms. The lowest BCUT2D eigenvalue weighted by Gasteiger charge is -2.15. The van der Waals surface area contributed by atoms with Gasteiger partial charge in [0.25, 0.3) is 5.91 Å². The molecule has 1 saturated heterocycles. The van der Waals surface area contributed by atoms with Gasteiger partial charge in [-0.1, -0.05) is 11.8 Å². The van der Waals surface area contributed by atoms with Gasteiger partial charge in [0.05, 0.1) is 6.10 Å². The second-order valence-electron chi connectivity index (χ2n) is 5.02. The molecule has 0 bridgehead atoms. The summed E-state index contributed by atoms with van der Waals surface area (Å²) in [6.07, 6.45) is 5.92. The van der Waals surface area contributed by atoms with Crippen molar-refractivity contribution in [3.8, 4) is 5.69 Å². The third kappa shape index (κ3) is 2.82. The highest BCUT2D eigenvalue weighted by molar-refractivity contribution is 7.98. The molecule has 1 aromatic carbocycles. The Morgan fingerprint density at radius 1 is 1.38 bits per heavy atom. The number of carbonyl (C=O) groups is 1. The number of likely N-dealkylation sites (tertiary alicyclic amines) is 1. The van der Waals surface area contributed by atoms with Crippen LogP contribution in [-0.4, -0.2) is 50.9 Å². The first-order chi connectivity index (χ1) is 10.2. The molecule has 1 amide bonds. The molecule has 1 fully saturated rings. The molecular formula is C15H17N3O2S. The lowest BCUT2D eigenvalue weighted by atomic mass is 10.2. The zero-order chi connectivity index (χ0) is 14.8. The van der Waals surface area contributed by atoms with Crippen LogP contribution in [0, 0.1) is 0 Å². The molecule has 0 spiro atoms. The number of benzene rings is 1. The number of carbonyl (C=O) groups excluding carboxylic acids is 1. The molecular weight excluding hydrogens is 286 g/mol. The predicted molar refractivity (Wildman–Crippen MR) is 81.9 cm³/mol. The number of aliphatic hydroxyl groups excluding tert-OH is 1. The molecule has 5 nitrogen and oxygen atoms in total. The topological polar surface area (TPSA) is 58.4 Å². The monoisotopic (exact) mass is 303 g/mol. The van der Waals surface area contributed by atoms with Crippen LogP contribution < -0.4 is 0 Å². The molecule has 2 heterocycles. The van der Waals surface area contributed by atoms with Crippen molar-refractivity contribution in [2.75, 3.05) is 19.3 Å². The van der Waals surface area contributed by atoms with Crippen molar-refractivity contribution in [1.29, 1.82) is 0 Å². The predicted octanol–water partition coefficient (Wildman–Crippen LogP) is 1.80. The number of hydrogen-bond acceptors (Lipinski definition) is 4. The number of aromatic nitrogens is 2. The maximum absolute atomic E-state index is 12.3. The van der Waals surface area contributed by atoms with Crippen molar-refractivity contribution in [2.24, 2.45) is 0 Å². The molecule has 0 radical (unpaired) electrons. The van der Waals surface area contributed by atoms with Crippen molar-refractivity contribution in [3.63, 3.8) is 0 Å². The Hall–Kier alpha value is -1.79. The first-order valence-electron chi connectivity index (χ1n) is 6.84. The largest absolute Gasteiger partial charge is 0.391 e. The van der Waals surface area contributed by atoms with Crippen molar-refractivity contribution >= 4 is 17.7 Å². The minimum Gasteiger partial charge on any atom is -0.391 e. The van der Waals surface area contributed by atoms with Crippen molar-refractivity contribution in [2.45, 2.75) is 17.7 Å². The average Bonchev–Trinajstić information content (AvgIpc) is 3.15. The Morgan fingerprint density at radius 3 is 2.76 bits per heavy atom. The van der Waals surface area contributed by atoms with Gasteiger partial charge in [0.1, 0.15) is 0 Å². The molecule has 1 N–H and O–H groups in total. The second kappa shape index (κ2) is 5.91. The lowest BCUT2D eigenvalue weighted by Crippen LogP contribution is -2.29. The van der Waals surface area contributed by atoms with Crippen LogP contribution in [0.2, 0.25) is 0 Å². The van der Waals surface area contributed by atoms with E-state index in [-0.39, 0.29) is 12.0 Å². The fourth-order valence-corrected chi connectivity index (χ4v) is 3.04.